The van der Waals surface area contributed by atoms with E-state index in [2.05, 4.69) is 5.32 Å². The predicted octanol–water partition coefficient (Wildman–Crippen LogP) is 3.33. The van der Waals surface area contributed by atoms with Gasteiger partial charge in [-0.3, -0.25) is 14.4 Å². The lowest BCUT2D eigenvalue weighted by atomic mass is 9.82. The van der Waals surface area contributed by atoms with Gasteiger partial charge in [-0.05, 0) is 61.4 Å². The van der Waals surface area contributed by atoms with Crippen molar-refractivity contribution in [2.24, 2.45) is 0 Å². The highest BCUT2D eigenvalue weighted by molar-refractivity contribution is 7.99. The number of thioether (sulfide) groups is 1. The molecular weight excluding hydrogens is 499 g/mol. The summed E-state index contributed by atoms with van der Waals surface area (Å²) in [6.07, 6.45) is 1.65. The molecule has 3 atom stereocenters. The van der Waals surface area contributed by atoms with Crippen LogP contribution in [0.5, 0.6) is 11.5 Å². The minimum Gasteiger partial charge on any atom is -0.481 e. The molecule has 2 saturated heterocycles. The van der Waals surface area contributed by atoms with Crippen molar-refractivity contribution in [1.29, 1.82) is 0 Å². The lowest BCUT2D eigenvalue weighted by Gasteiger charge is -2.33. The summed E-state index contributed by atoms with van der Waals surface area (Å²) >= 11 is 1.56. The molecule has 10 heteroatoms. The highest BCUT2D eigenvalue weighted by atomic mass is 32.2. The van der Waals surface area contributed by atoms with Gasteiger partial charge >= 0.3 is 5.97 Å². The van der Waals surface area contributed by atoms with Gasteiger partial charge in [0.2, 0.25) is 5.91 Å². The third-order valence-corrected chi connectivity index (χ3v) is 7.84. The van der Waals surface area contributed by atoms with E-state index in [0.717, 1.165) is 0 Å². The van der Waals surface area contributed by atoms with Gasteiger partial charge in [0, 0.05) is 31.2 Å². The third kappa shape index (κ3) is 6.49. The normalized spacial score (nSPS) is 23.4. The summed E-state index contributed by atoms with van der Waals surface area (Å²) in [6.45, 7) is 0.830. The first-order valence-corrected chi connectivity index (χ1v) is 13.6. The zero-order valence-electron chi connectivity index (χ0n) is 20.4. The number of aliphatic hydroxyl groups is 1. The maximum absolute atomic E-state index is 13.7. The van der Waals surface area contributed by atoms with Crippen LogP contribution in [0.15, 0.2) is 48.5 Å². The van der Waals surface area contributed by atoms with E-state index in [4.69, 9.17) is 9.84 Å². The molecule has 198 valence electrons. The molecule has 2 aromatic rings. The van der Waals surface area contributed by atoms with Gasteiger partial charge in [-0.2, -0.15) is 11.8 Å². The van der Waals surface area contributed by atoms with Crippen LogP contribution in [0, 0.1) is 5.82 Å². The van der Waals surface area contributed by atoms with E-state index in [1.54, 1.807) is 53.1 Å². The van der Waals surface area contributed by atoms with Gasteiger partial charge < -0.3 is 25.2 Å². The van der Waals surface area contributed by atoms with Crippen LogP contribution in [0.3, 0.4) is 0 Å². The van der Waals surface area contributed by atoms with E-state index >= 15 is 0 Å². The average Bonchev–Trinajstić information content (AvgIpc) is 3.44. The molecule has 0 bridgehead atoms. The number of amides is 1. The number of rotatable bonds is 12. The van der Waals surface area contributed by atoms with Crippen LogP contribution in [0.1, 0.15) is 37.7 Å². The number of hydrogen-bond acceptors (Lipinski definition) is 7. The Morgan fingerprint density at radius 1 is 1.16 bits per heavy atom. The molecule has 0 spiro atoms. The molecule has 2 heterocycles. The Kier molecular flexibility index (Phi) is 8.83. The standard InChI is InChI=1S/C27H31FN2O6S/c28-19-5-2-7-21(17-19)36-20-6-1-4-18(16-20)27(35)11-12-29-26(27)25(34)22-9-10-23(31)30(22)13-15-37-14-3-8-24(32)33/h1-2,4-7,16-17,22,26,29,35H,3,8-15H2,(H,32,33)/t22?,26-,27-/m1/s1. The number of likely N-dealkylation sites (tertiary alicyclic amines) is 1. The second-order valence-corrected chi connectivity index (χ2v) is 10.5. The molecule has 1 unspecified atom stereocenters. The number of ether oxygens (including phenoxy) is 1. The summed E-state index contributed by atoms with van der Waals surface area (Å²) in [5.41, 5.74) is -0.976. The summed E-state index contributed by atoms with van der Waals surface area (Å²) in [6, 6.07) is 11.0. The first-order valence-electron chi connectivity index (χ1n) is 12.4. The number of carboxylic acid groups (broad SMARTS) is 1. The van der Waals surface area contributed by atoms with E-state index in [1.807, 2.05) is 0 Å². The summed E-state index contributed by atoms with van der Waals surface area (Å²) in [5, 5.41) is 23.6. The largest absolute Gasteiger partial charge is 0.481 e. The zero-order valence-corrected chi connectivity index (χ0v) is 21.2. The fraction of sp³-hybridized carbons (Fsp3) is 0.444. The molecule has 2 aromatic carbocycles. The lowest BCUT2D eigenvalue weighted by molar-refractivity contribution is -0.137. The van der Waals surface area contributed by atoms with Crippen molar-refractivity contribution in [1.82, 2.24) is 10.2 Å². The molecule has 2 aliphatic rings. The third-order valence-electron chi connectivity index (χ3n) is 6.79. The number of halogens is 1. The first kappa shape index (κ1) is 27.1. The smallest absolute Gasteiger partial charge is 0.303 e. The highest BCUT2D eigenvalue weighted by Gasteiger charge is 2.50. The molecule has 0 saturated carbocycles. The SMILES string of the molecule is O=C(O)CCCSCCN1C(=O)CCC1C(=O)[C@H]1NCC[C@@]1(O)c1cccc(Oc2cccc(F)c2)c1. The lowest BCUT2D eigenvalue weighted by Crippen LogP contribution is -2.53. The Labute approximate surface area is 219 Å². The number of carboxylic acids is 1. The Bertz CT molecular complexity index is 1150. The summed E-state index contributed by atoms with van der Waals surface area (Å²) in [4.78, 5) is 38.4. The van der Waals surface area contributed by atoms with Gasteiger partial charge in [-0.1, -0.05) is 18.2 Å². The van der Waals surface area contributed by atoms with Crippen LogP contribution in [0.25, 0.3) is 0 Å². The molecule has 2 fully saturated rings. The van der Waals surface area contributed by atoms with Gasteiger partial charge in [-0.25, -0.2) is 4.39 Å². The van der Waals surface area contributed by atoms with Crippen molar-refractivity contribution in [3.8, 4) is 11.5 Å². The number of nitrogens with one attached hydrogen (secondary N) is 1. The van der Waals surface area contributed by atoms with Crippen molar-refractivity contribution in [3.63, 3.8) is 0 Å². The minimum atomic E-state index is -1.48. The first-order chi connectivity index (χ1) is 17.8. The predicted molar refractivity (Wildman–Crippen MR) is 137 cm³/mol. The Morgan fingerprint density at radius 3 is 2.68 bits per heavy atom. The number of aliphatic carboxylic acids is 1. The quantitative estimate of drug-likeness (QED) is 0.358. The molecule has 37 heavy (non-hydrogen) atoms. The van der Waals surface area contributed by atoms with Gasteiger partial charge in [-0.15, -0.1) is 0 Å². The second kappa shape index (κ2) is 12.1. The summed E-state index contributed by atoms with van der Waals surface area (Å²) in [5.74, 6) is 0.446. The minimum absolute atomic E-state index is 0.0866. The van der Waals surface area contributed by atoms with E-state index < -0.39 is 29.5 Å². The number of nitrogens with zero attached hydrogens (tertiary/aromatic N) is 1. The molecule has 4 rings (SSSR count). The van der Waals surface area contributed by atoms with E-state index in [0.29, 0.717) is 60.9 Å². The van der Waals surface area contributed by atoms with Crippen molar-refractivity contribution < 1.29 is 33.7 Å². The molecule has 0 aromatic heterocycles. The molecule has 8 nitrogen and oxygen atoms in total. The number of carbonyl (C=O) groups is 3. The molecule has 3 N–H and O–H groups in total. The fourth-order valence-electron chi connectivity index (χ4n) is 4.96. The second-order valence-electron chi connectivity index (χ2n) is 9.30. The van der Waals surface area contributed by atoms with Crippen molar-refractivity contribution in [3.05, 3.63) is 59.9 Å². The molecule has 0 aliphatic carbocycles. The molecule has 2 aliphatic heterocycles. The molecule has 0 radical (unpaired) electrons. The Balaban J connectivity index is 1.43. The van der Waals surface area contributed by atoms with Crippen LogP contribution in [0.2, 0.25) is 0 Å². The fourth-order valence-corrected chi connectivity index (χ4v) is 5.83. The number of benzene rings is 2. The van der Waals surface area contributed by atoms with E-state index in [1.165, 1.54) is 12.1 Å². The molecular formula is C27H31FN2O6S. The van der Waals surface area contributed by atoms with Crippen molar-refractivity contribution >= 4 is 29.4 Å². The monoisotopic (exact) mass is 530 g/mol. The summed E-state index contributed by atoms with van der Waals surface area (Å²) in [7, 11) is 0. The van der Waals surface area contributed by atoms with E-state index in [-0.39, 0.29) is 24.5 Å². The molecule has 1 amide bonds. The van der Waals surface area contributed by atoms with Crippen molar-refractivity contribution in [2.45, 2.75) is 49.8 Å². The average molecular weight is 531 g/mol. The number of Topliss-reactive ketones (excluding diaryl/α,β-unsaturated/α-hetero) is 1. The van der Waals surface area contributed by atoms with Crippen LogP contribution >= 0.6 is 11.8 Å². The van der Waals surface area contributed by atoms with Crippen LogP contribution in [0.4, 0.5) is 4.39 Å². The zero-order chi connectivity index (χ0) is 26.4. The Morgan fingerprint density at radius 2 is 1.92 bits per heavy atom. The summed E-state index contributed by atoms with van der Waals surface area (Å²) < 4.78 is 19.3. The van der Waals surface area contributed by atoms with Crippen LogP contribution in [-0.2, 0) is 20.0 Å². The number of ketones is 1. The van der Waals surface area contributed by atoms with Crippen LogP contribution < -0.4 is 10.1 Å². The van der Waals surface area contributed by atoms with Gasteiger partial charge in [0.15, 0.2) is 5.78 Å². The van der Waals surface area contributed by atoms with Gasteiger partial charge in [0.1, 0.15) is 29.0 Å². The van der Waals surface area contributed by atoms with E-state index in [9.17, 15) is 23.9 Å². The van der Waals surface area contributed by atoms with Crippen LogP contribution in [-0.4, -0.2) is 69.5 Å². The highest BCUT2D eigenvalue weighted by Crippen LogP contribution is 2.37. The number of hydrogen-bond donors (Lipinski definition) is 3. The van der Waals surface area contributed by atoms with Gasteiger partial charge in [0.05, 0.1) is 6.04 Å². The maximum Gasteiger partial charge on any atom is 0.303 e. The topological polar surface area (TPSA) is 116 Å². The van der Waals surface area contributed by atoms with Gasteiger partial charge in [0.25, 0.3) is 0 Å². The van der Waals surface area contributed by atoms with Crippen molar-refractivity contribution in [2.75, 3.05) is 24.6 Å². The Hall–Kier alpha value is -2.95. The number of carbonyl (C=O) groups excluding carboxylic acids is 2. The maximum atomic E-state index is 13.7.